The summed E-state index contributed by atoms with van der Waals surface area (Å²) < 4.78 is 1.06. The SMILES string of the molecule is NCC(c1ccc(Cl)cc1Br)N1CCC(N2CCCC2)C1. The van der Waals surface area contributed by atoms with Crippen molar-refractivity contribution in [1.29, 1.82) is 0 Å². The first-order valence-corrected chi connectivity index (χ1v) is 8.99. The highest BCUT2D eigenvalue weighted by Gasteiger charge is 2.33. The van der Waals surface area contributed by atoms with Gasteiger partial charge in [-0.3, -0.25) is 9.80 Å². The standard InChI is InChI=1S/C16H23BrClN3/c17-15-9-12(18)3-4-14(15)16(10-19)21-8-5-13(11-21)20-6-1-2-7-20/h3-4,9,13,16H,1-2,5-8,10-11,19H2. The molecule has 1 aromatic carbocycles. The molecule has 2 atom stereocenters. The lowest BCUT2D eigenvalue weighted by Crippen LogP contribution is -2.38. The van der Waals surface area contributed by atoms with E-state index in [4.69, 9.17) is 17.3 Å². The van der Waals surface area contributed by atoms with Crippen LogP contribution in [0.3, 0.4) is 0 Å². The Morgan fingerprint density at radius 3 is 2.71 bits per heavy atom. The molecule has 2 unspecified atom stereocenters. The molecule has 1 aromatic rings. The van der Waals surface area contributed by atoms with E-state index >= 15 is 0 Å². The molecule has 2 N–H and O–H groups in total. The summed E-state index contributed by atoms with van der Waals surface area (Å²) in [5.74, 6) is 0. The zero-order valence-electron chi connectivity index (χ0n) is 12.3. The Morgan fingerprint density at radius 2 is 2.05 bits per heavy atom. The molecule has 2 aliphatic rings. The van der Waals surface area contributed by atoms with Crippen LogP contribution in [0.4, 0.5) is 0 Å². The van der Waals surface area contributed by atoms with E-state index in [0.29, 0.717) is 12.6 Å². The number of halogens is 2. The molecule has 5 heteroatoms. The van der Waals surface area contributed by atoms with Crippen molar-refractivity contribution in [2.75, 3.05) is 32.7 Å². The molecule has 0 aromatic heterocycles. The smallest absolute Gasteiger partial charge is 0.0482 e. The zero-order chi connectivity index (χ0) is 14.8. The van der Waals surface area contributed by atoms with Crippen LogP contribution in [0.5, 0.6) is 0 Å². The summed E-state index contributed by atoms with van der Waals surface area (Å²) in [5, 5.41) is 0.762. The summed E-state index contributed by atoms with van der Waals surface area (Å²) >= 11 is 9.69. The van der Waals surface area contributed by atoms with Gasteiger partial charge in [-0.05, 0) is 50.0 Å². The summed E-state index contributed by atoms with van der Waals surface area (Å²) in [4.78, 5) is 5.20. The Bertz CT molecular complexity index is 490. The Kier molecular flexibility index (Phi) is 5.23. The lowest BCUT2D eigenvalue weighted by molar-refractivity contribution is 0.202. The van der Waals surface area contributed by atoms with Gasteiger partial charge in [0.2, 0.25) is 0 Å². The maximum absolute atomic E-state index is 6.08. The van der Waals surface area contributed by atoms with Crippen LogP contribution in [0.1, 0.15) is 30.9 Å². The summed E-state index contributed by atoms with van der Waals surface area (Å²) in [6.07, 6.45) is 3.99. The molecule has 116 valence electrons. The third-order valence-corrected chi connectivity index (χ3v) is 5.76. The number of nitrogens with two attached hydrogens (primary N) is 1. The first-order valence-electron chi connectivity index (χ1n) is 7.82. The van der Waals surface area contributed by atoms with E-state index in [9.17, 15) is 0 Å². The molecule has 0 spiro atoms. The lowest BCUT2D eigenvalue weighted by Gasteiger charge is -2.29. The van der Waals surface area contributed by atoms with Crippen molar-refractivity contribution in [2.45, 2.75) is 31.3 Å². The van der Waals surface area contributed by atoms with Gasteiger partial charge >= 0.3 is 0 Å². The third-order valence-electron chi connectivity index (χ3n) is 4.84. The first-order chi connectivity index (χ1) is 10.2. The quantitative estimate of drug-likeness (QED) is 0.880. The van der Waals surface area contributed by atoms with Crippen LogP contribution in [0.15, 0.2) is 22.7 Å². The van der Waals surface area contributed by atoms with E-state index in [1.165, 1.54) is 37.9 Å². The molecule has 3 nitrogen and oxygen atoms in total. The van der Waals surface area contributed by atoms with Crippen molar-refractivity contribution in [1.82, 2.24) is 9.80 Å². The Balaban J connectivity index is 1.72. The highest BCUT2D eigenvalue weighted by molar-refractivity contribution is 9.10. The van der Waals surface area contributed by atoms with E-state index in [1.54, 1.807) is 0 Å². The van der Waals surface area contributed by atoms with Crippen LogP contribution < -0.4 is 5.73 Å². The predicted octanol–water partition coefficient (Wildman–Crippen LogP) is 3.27. The summed E-state index contributed by atoms with van der Waals surface area (Å²) in [6, 6.07) is 7.02. The number of rotatable bonds is 4. The summed E-state index contributed by atoms with van der Waals surface area (Å²) in [7, 11) is 0. The van der Waals surface area contributed by atoms with Crippen LogP contribution >= 0.6 is 27.5 Å². The average Bonchev–Trinajstić information content (AvgIpc) is 3.12. The number of hydrogen-bond donors (Lipinski definition) is 1. The number of likely N-dealkylation sites (tertiary alicyclic amines) is 2. The maximum Gasteiger partial charge on any atom is 0.0482 e. The normalized spacial score (nSPS) is 25.6. The molecule has 0 bridgehead atoms. The highest BCUT2D eigenvalue weighted by Crippen LogP contribution is 2.33. The van der Waals surface area contributed by atoms with E-state index in [1.807, 2.05) is 12.1 Å². The molecule has 0 radical (unpaired) electrons. The van der Waals surface area contributed by atoms with Crippen LogP contribution in [0.25, 0.3) is 0 Å². The second kappa shape index (κ2) is 6.97. The molecule has 21 heavy (non-hydrogen) atoms. The fourth-order valence-electron chi connectivity index (χ4n) is 3.70. The van der Waals surface area contributed by atoms with Crippen LogP contribution in [0.2, 0.25) is 5.02 Å². The van der Waals surface area contributed by atoms with Crippen molar-refractivity contribution < 1.29 is 0 Å². The minimum atomic E-state index is 0.282. The Hall–Kier alpha value is -0.130. The number of nitrogens with zero attached hydrogens (tertiary/aromatic N) is 2. The van der Waals surface area contributed by atoms with Crippen molar-refractivity contribution in [2.24, 2.45) is 5.73 Å². The molecule has 2 saturated heterocycles. The van der Waals surface area contributed by atoms with Gasteiger partial charge in [-0.25, -0.2) is 0 Å². The molecule has 2 aliphatic heterocycles. The Morgan fingerprint density at radius 1 is 1.29 bits per heavy atom. The van der Waals surface area contributed by atoms with Gasteiger partial charge in [0.15, 0.2) is 0 Å². The van der Waals surface area contributed by atoms with Gasteiger partial charge in [0.25, 0.3) is 0 Å². The van der Waals surface area contributed by atoms with E-state index in [2.05, 4.69) is 31.8 Å². The second-order valence-corrected chi connectivity index (χ2v) is 7.39. The molecular formula is C16H23BrClN3. The molecule has 2 heterocycles. The van der Waals surface area contributed by atoms with Crippen LogP contribution in [-0.4, -0.2) is 48.6 Å². The second-order valence-electron chi connectivity index (χ2n) is 6.10. The van der Waals surface area contributed by atoms with Crippen molar-refractivity contribution >= 4 is 27.5 Å². The number of hydrogen-bond acceptors (Lipinski definition) is 3. The van der Waals surface area contributed by atoms with Crippen molar-refractivity contribution in [3.63, 3.8) is 0 Å². The first kappa shape index (κ1) is 15.8. The minimum Gasteiger partial charge on any atom is -0.329 e. The van der Waals surface area contributed by atoms with Crippen molar-refractivity contribution in [3.05, 3.63) is 33.3 Å². The largest absolute Gasteiger partial charge is 0.329 e. The van der Waals surface area contributed by atoms with Gasteiger partial charge in [-0.1, -0.05) is 33.6 Å². The summed E-state index contributed by atoms with van der Waals surface area (Å²) in [5.41, 5.74) is 7.34. The molecule has 2 fully saturated rings. The monoisotopic (exact) mass is 371 g/mol. The minimum absolute atomic E-state index is 0.282. The van der Waals surface area contributed by atoms with Gasteiger partial charge < -0.3 is 5.73 Å². The molecular weight excluding hydrogens is 350 g/mol. The van der Waals surface area contributed by atoms with Crippen molar-refractivity contribution in [3.8, 4) is 0 Å². The van der Waals surface area contributed by atoms with Crippen LogP contribution in [0, 0.1) is 0 Å². The predicted molar refractivity (Wildman–Crippen MR) is 91.7 cm³/mol. The highest BCUT2D eigenvalue weighted by atomic mass is 79.9. The third kappa shape index (κ3) is 3.45. The van der Waals surface area contributed by atoms with E-state index in [0.717, 1.165) is 22.6 Å². The molecule has 0 saturated carbocycles. The molecule has 0 aliphatic carbocycles. The average molecular weight is 373 g/mol. The van der Waals surface area contributed by atoms with E-state index < -0.39 is 0 Å². The van der Waals surface area contributed by atoms with E-state index in [-0.39, 0.29) is 6.04 Å². The maximum atomic E-state index is 6.08. The fraction of sp³-hybridized carbons (Fsp3) is 0.625. The zero-order valence-corrected chi connectivity index (χ0v) is 14.6. The summed E-state index contributed by atoms with van der Waals surface area (Å²) in [6.45, 7) is 5.47. The molecule has 0 amide bonds. The fourth-order valence-corrected chi connectivity index (χ4v) is 4.65. The van der Waals surface area contributed by atoms with Gasteiger partial charge in [0, 0.05) is 41.2 Å². The van der Waals surface area contributed by atoms with Gasteiger partial charge in [0.1, 0.15) is 0 Å². The van der Waals surface area contributed by atoms with Gasteiger partial charge in [-0.2, -0.15) is 0 Å². The Labute approximate surface area is 140 Å². The topological polar surface area (TPSA) is 32.5 Å². The van der Waals surface area contributed by atoms with Gasteiger partial charge in [-0.15, -0.1) is 0 Å². The van der Waals surface area contributed by atoms with Gasteiger partial charge in [0.05, 0.1) is 0 Å². The number of benzene rings is 1. The molecule has 3 rings (SSSR count). The van der Waals surface area contributed by atoms with Crippen LogP contribution in [-0.2, 0) is 0 Å². The lowest BCUT2D eigenvalue weighted by atomic mass is 10.1.